The van der Waals surface area contributed by atoms with Gasteiger partial charge in [-0.05, 0) is 18.2 Å². The quantitative estimate of drug-likeness (QED) is 0.707. The van der Waals surface area contributed by atoms with Crippen molar-refractivity contribution in [2.75, 3.05) is 0 Å². The summed E-state index contributed by atoms with van der Waals surface area (Å²) in [6, 6.07) is 1.06. The van der Waals surface area contributed by atoms with Crippen LogP contribution in [0.1, 0.15) is 5.56 Å². The van der Waals surface area contributed by atoms with Crippen LogP contribution in [0.2, 0.25) is 0 Å². The minimum atomic E-state index is -4.72. The number of benzene rings is 1. The lowest BCUT2D eigenvalue weighted by Crippen LogP contribution is -2.08. The van der Waals surface area contributed by atoms with Crippen molar-refractivity contribution in [2.45, 2.75) is 12.8 Å². The Balaban J connectivity index is 2.98. The molecule has 1 aromatic rings. The van der Waals surface area contributed by atoms with E-state index >= 15 is 0 Å². The van der Waals surface area contributed by atoms with Crippen LogP contribution in [0.4, 0.5) is 26.3 Å². The van der Waals surface area contributed by atoms with Crippen molar-refractivity contribution in [3.8, 4) is 5.75 Å². The second kappa shape index (κ2) is 4.00. The minimum Gasteiger partial charge on any atom is -0.432 e. The first-order valence-corrected chi connectivity index (χ1v) is 3.62. The molecule has 84 valence electrons. The number of rotatable bonds is 2. The van der Waals surface area contributed by atoms with Crippen molar-refractivity contribution in [3.63, 3.8) is 0 Å². The SMILES string of the molecule is Fc1cc(C(F)(F)F)ccc1OC(F)F. The molecule has 0 aliphatic carbocycles. The summed E-state index contributed by atoms with van der Waals surface area (Å²) in [5, 5.41) is 0. The Hall–Kier alpha value is -1.40. The Morgan fingerprint density at radius 1 is 1.13 bits per heavy atom. The van der Waals surface area contributed by atoms with Gasteiger partial charge in [-0.1, -0.05) is 0 Å². The molecule has 0 aliphatic heterocycles. The third kappa shape index (κ3) is 3.03. The highest BCUT2D eigenvalue weighted by Gasteiger charge is 2.31. The minimum absolute atomic E-state index is 0.0950. The fourth-order valence-electron chi connectivity index (χ4n) is 0.869. The Labute approximate surface area is 80.3 Å². The maximum Gasteiger partial charge on any atom is 0.416 e. The summed E-state index contributed by atoms with van der Waals surface area (Å²) in [4.78, 5) is 0. The summed E-state index contributed by atoms with van der Waals surface area (Å²) < 4.78 is 75.7. The number of hydrogen-bond acceptors (Lipinski definition) is 1. The van der Waals surface area contributed by atoms with Crippen molar-refractivity contribution in [3.05, 3.63) is 29.6 Å². The van der Waals surface area contributed by atoms with Gasteiger partial charge in [-0.25, -0.2) is 4.39 Å². The molecular weight excluding hydrogens is 226 g/mol. The molecule has 0 fully saturated rings. The van der Waals surface area contributed by atoms with Crippen molar-refractivity contribution in [1.29, 1.82) is 0 Å². The predicted octanol–water partition coefficient (Wildman–Crippen LogP) is 3.45. The van der Waals surface area contributed by atoms with E-state index in [2.05, 4.69) is 4.74 Å². The summed E-state index contributed by atoms with van der Waals surface area (Å²) >= 11 is 0. The molecule has 0 amide bonds. The van der Waals surface area contributed by atoms with Gasteiger partial charge in [0.15, 0.2) is 11.6 Å². The van der Waals surface area contributed by atoms with Gasteiger partial charge in [-0.3, -0.25) is 0 Å². The molecule has 15 heavy (non-hydrogen) atoms. The number of halogens is 6. The van der Waals surface area contributed by atoms with E-state index in [1.165, 1.54) is 0 Å². The Kier molecular flexibility index (Phi) is 3.11. The molecule has 0 heterocycles. The maximum atomic E-state index is 12.8. The average Bonchev–Trinajstić information content (AvgIpc) is 2.05. The molecule has 1 nitrogen and oxygen atoms in total. The second-order valence-electron chi connectivity index (χ2n) is 2.52. The molecule has 0 bridgehead atoms. The fourth-order valence-corrected chi connectivity index (χ4v) is 0.869. The topological polar surface area (TPSA) is 9.23 Å². The van der Waals surface area contributed by atoms with Crippen LogP contribution in [0.15, 0.2) is 18.2 Å². The first-order valence-electron chi connectivity index (χ1n) is 3.62. The van der Waals surface area contributed by atoms with E-state index in [1.54, 1.807) is 0 Å². The molecule has 0 saturated heterocycles. The lowest BCUT2D eigenvalue weighted by Gasteiger charge is -2.09. The summed E-state index contributed by atoms with van der Waals surface area (Å²) in [6.45, 7) is -3.28. The molecule has 7 heteroatoms. The second-order valence-corrected chi connectivity index (χ2v) is 2.52. The molecule has 0 aromatic heterocycles. The van der Waals surface area contributed by atoms with E-state index in [0.717, 1.165) is 0 Å². The van der Waals surface area contributed by atoms with E-state index in [9.17, 15) is 26.3 Å². The summed E-state index contributed by atoms with van der Waals surface area (Å²) in [7, 11) is 0. The molecule has 0 N–H and O–H groups in total. The van der Waals surface area contributed by atoms with E-state index in [0.29, 0.717) is 12.1 Å². The Morgan fingerprint density at radius 2 is 1.73 bits per heavy atom. The van der Waals surface area contributed by atoms with Gasteiger partial charge in [0, 0.05) is 0 Å². The third-order valence-electron chi connectivity index (χ3n) is 1.48. The molecule has 0 spiro atoms. The van der Waals surface area contributed by atoms with E-state index in [-0.39, 0.29) is 6.07 Å². The van der Waals surface area contributed by atoms with E-state index < -0.39 is 29.9 Å². The highest BCUT2D eigenvalue weighted by atomic mass is 19.4. The highest BCUT2D eigenvalue weighted by molar-refractivity contribution is 5.30. The van der Waals surface area contributed by atoms with Gasteiger partial charge in [0.25, 0.3) is 0 Å². The van der Waals surface area contributed by atoms with Crippen LogP contribution < -0.4 is 4.74 Å². The van der Waals surface area contributed by atoms with Gasteiger partial charge >= 0.3 is 12.8 Å². The monoisotopic (exact) mass is 230 g/mol. The molecule has 1 rings (SSSR count). The zero-order chi connectivity index (χ0) is 11.6. The highest BCUT2D eigenvalue weighted by Crippen LogP contribution is 2.32. The van der Waals surface area contributed by atoms with Gasteiger partial charge in [0.1, 0.15) is 0 Å². The molecular formula is C8H4F6O. The van der Waals surface area contributed by atoms with Crippen LogP contribution in [-0.4, -0.2) is 6.61 Å². The fraction of sp³-hybridized carbons (Fsp3) is 0.250. The largest absolute Gasteiger partial charge is 0.432 e. The number of alkyl halides is 5. The van der Waals surface area contributed by atoms with Crippen LogP contribution >= 0.6 is 0 Å². The Bertz CT molecular complexity index is 345. The summed E-state index contributed by atoms with van der Waals surface area (Å²) in [5.74, 6) is -2.40. The molecule has 0 radical (unpaired) electrons. The summed E-state index contributed by atoms with van der Waals surface area (Å²) in [5.41, 5.74) is -1.26. The lowest BCUT2D eigenvalue weighted by molar-refractivity contribution is -0.137. The molecule has 0 unspecified atom stereocenters. The van der Waals surface area contributed by atoms with Gasteiger partial charge < -0.3 is 4.74 Å². The van der Waals surface area contributed by atoms with Gasteiger partial charge in [0.05, 0.1) is 5.56 Å². The van der Waals surface area contributed by atoms with Crippen molar-refractivity contribution in [1.82, 2.24) is 0 Å². The van der Waals surface area contributed by atoms with Crippen LogP contribution in [0.3, 0.4) is 0 Å². The number of ether oxygens (including phenoxy) is 1. The lowest BCUT2D eigenvalue weighted by atomic mass is 10.2. The predicted molar refractivity (Wildman–Crippen MR) is 38.0 cm³/mol. The van der Waals surface area contributed by atoms with E-state index in [4.69, 9.17) is 0 Å². The van der Waals surface area contributed by atoms with Crippen LogP contribution in [-0.2, 0) is 6.18 Å². The van der Waals surface area contributed by atoms with Gasteiger partial charge in [-0.15, -0.1) is 0 Å². The van der Waals surface area contributed by atoms with Crippen LogP contribution in [0, 0.1) is 5.82 Å². The molecule has 0 atom stereocenters. The zero-order valence-electron chi connectivity index (χ0n) is 6.99. The first kappa shape index (κ1) is 11.7. The first-order chi connectivity index (χ1) is 6.80. The number of hydrogen-bond donors (Lipinski definition) is 0. The molecule has 0 aliphatic rings. The molecule has 0 saturated carbocycles. The normalized spacial score (nSPS) is 11.9. The van der Waals surface area contributed by atoms with Crippen molar-refractivity contribution >= 4 is 0 Å². The Morgan fingerprint density at radius 3 is 2.13 bits per heavy atom. The third-order valence-corrected chi connectivity index (χ3v) is 1.48. The van der Waals surface area contributed by atoms with Gasteiger partial charge in [-0.2, -0.15) is 22.0 Å². The van der Waals surface area contributed by atoms with E-state index in [1.807, 2.05) is 0 Å². The van der Waals surface area contributed by atoms with Crippen LogP contribution in [0.5, 0.6) is 5.75 Å². The van der Waals surface area contributed by atoms with Crippen LogP contribution in [0.25, 0.3) is 0 Å². The van der Waals surface area contributed by atoms with Gasteiger partial charge in [0.2, 0.25) is 0 Å². The van der Waals surface area contributed by atoms with Crippen molar-refractivity contribution in [2.24, 2.45) is 0 Å². The standard InChI is InChI=1S/C8H4F6O/c9-5-3-4(8(12,13)14)1-2-6(5)15-7(10)11/h1-3,7H. The maximum absolute atomic E-state index is 12.8. The smallest absolute Gasteiger partial charge is 0.416 e. The average molecular weight is 230 g/mol. The zero-order valence-corrected chi connectivity index (χ0v) is 6.99. The molecule has 1 aromatic carbocycles. The van der Waals surface area contributed by atoms with Crippen molar-refractivity contribution < 1.29 is 31.1 Å². The summed E-state index contributed by atoms with van der Waals surface area (Å²) in [6.07, 6.45) is -4.72.